The highest BCUT2D eigenvalue weighted by molar-refractivity contribution is 7.99. The summed E-state index contributed by atoms with van der Waals surface area (Å²) in [6, 6.07) is 14.8. The van der Waals surface area contributed by atoms with Crippen LogP contribution in [0.5, 0.6) is 0 Å². The number of hydrogen-bond acceptors (Lipinski definition) is 5. The molecule has 3 aromatic rings. The second kappa shape index (κ2) is 11.8. The van der Waals surface area contributed by atoms with E-state index in [9.17, 15) is 9.59 Å². The van der Waals surface area contributed by atoms with E-state index in [1.165, 1.54) is 19.3 Å². The quantitative estimate of drug-likeness (QED) is 0.315. The molecule has 2 aliphatic heterocycles. The maximum atomic E-state index is 13.6. The SMILES string of the molecule is Cl.O=C1CCCN1CC(CN1CCCCC1)Sc1nc2ccccc2c(=O)n1-c1ccc(Cl)cc1. The number of thioether (sulfide) groups is 1. The molecular weight excluding hydrogens is 503 g/mol. The zero-order valence-electron chi connectivity index (χ0n) is 19.6. The van der Waals surface area contributed by atoms with Gasteiger partial charge in [-0.1, -0.05) is 41.9 Å². The summed E-state index contributed by atoms with van der Waals surface area (Å²) in [6.07, 6.45) is 5.25. The predicted molar refractivity (Wildman–Crippen MR) is 145 cm³/mol. The van der Waals surface area contributed by atoms with Crippen LogP contribution in [0.3, 0.4) is 0 Å². The highest BCUT2D eigenvalue weighted by atomic mass is 35.5. The van der Waals surface area contributed by atoms with E-state index < -0.39 is 0 Å². The van der Waals surface area contributed by atoms with E-state index in [0.717, 1.165) is 38.3 Å². The third-order valence-electron chi connectivity index (χ3n) is 6.61. The molecule has 5 rings (SSSR count). The molecule has 35 heavy (non-hydrogen) atoms. The molecule has 2 fully saturated rings. The Hall–Kier alpha value is -2.06. The van der Waals surface area contributed by atoms with Gasteiger partial charge in [0.2, 0.25) is 5.91 Å². The highest BCUT2D eigenvalue weighted by Gasteiger charge is 2.27. The molecule has 0 saturated carbocycles. The fourth-order valence-corrected chi connectivity index (χ4v) is 6.27. The molecule has 6 nitrogen and oxygen atoms in total. The average molecular weight is 534 g/mol. The number of hydrogen-bond donors (Lipinski definition) is 0. The third-order valence-corrected chi connectivity index (χ3v) is 7.98. The first-order valence-electron chi connectivity index (χ1n) is 12.0. The van der Waals surface area contributed by atoms with Crippen LogP contribution in [0.4, 0.5) is 0 Å². The molecule has 2 aromatic carbocycles. The van der Waals surface area contributed by atoms with Crippen molar-refractivity contribution < 1.29 is 4.79 Å². The molecule has 1 atom stereocenters. The second-order valence-corrected chi connectivity index (χ2v) is 10.8. The Labute approximate surface area is 221 Å². The number of nitrogens with zero attached hydrogens (tertiary/aromatic N) is 4. The number of aromatic nitrogens is 2. The molecule has 0 spiro atoms. The van der Waals surface area contributed by atoms with Crippen molar-refractivity contribution in [1.29, 1.82) is 0 Å². The summed E-state index contributed by atoms with van der Waals surface area (Å²) in [6.45, 7) is 4.52. The minimum absolute atomic E-state index is 0. The monoisotopic (exact) mass is 532 g/mol. The first-order valence-corrected chi connectivity index (χ1v) is 13.3. The van der Waals surface area contributed by atoms with Crippen LogP contribution in [0.1, 0.15) is 32.1 Å². The summed E-state index contributed by atoms with van der Waals surface area (Å²) in [4.78, 5) is 35.4. The zero-order valence-corrected chi connectivity index (χ0v) is 22.0. The molecule has 1 aromatic heterocycles. The van der Waals surface area contributed by atoms with E-state index in [0.29, 0.717) is 34.0 Å². The number of para-hydroxylation sites is 1. The van der Waals surface area contributed by atoms with E-state index in [2.05, 4.69) is 4.90 Å². The largest absolute Gasteiger partial charge is 0.342 e. The van der Waals surface area contributed by atoms with Crippen LogP contribution in [-0.4, -0.2) is 63.2 Å². The van der Waals surface area contributed by atoms with E-state index in [-0.39, 0.29) is 29.1 Å². The fourth-order valence-electron chi connectivity index (χ4n) is 4.86. The lowest BCUT2D eigenvalue weighted by Gasteiger charge is -2.32. The number of piperidine rings is 1. The summed E-state index contributed by atoms with van der Waals surface area (Å²) in [5.41, 5.74) is 1.34. The minimum Gasteiger partial charge on any atom is -0.342 e. The Morgan fingerprint density at radius 2 is 1.66 bits per heavy atom. The lowest BCUT2D eigenvalue weighted by Crippen LogP contribution is -2.41. The summed E-state index contributed by atoms with van der Waals surface area (Å²) >= 11 is 7.73. The Morgan fingerprint density at radius 1 is 0.914 bits per heavy atom. The van der Waals surface area contributed by atoms with Crippen molar-refractivity contribution in [2.75, 3.05) is 32.7 Å². The van der Waals surface area contributed by atoms with E-state index in [1.54, 1.807) is 28.5 Å². The zero-order chi connectivity index (χ0) is 23.5. The molecule has 0 N–H and O–H groups in total. The van der Waals surface area contributed by atoms with Crippen molar-refractivity contribution in [3.05, 3.63) is 63.9 Å². The van der Waals surface area contributed by atoms with Gasteiger partial charge in [-0.25, -0.2) is 4.98 Å². The standard InChI is InChI=1S/C26H29ClN4O2S.ClH/c27-19-10-12-20(13-11-19)31-25(33)22-7-2-3-8-23(22)28-26(31)34-21(17-29-14-4-1-5-15-29)18-30-16-6-9-24(30)32;/h2-3,7-8,10-13,21H,1,4-6,9,14-18H2;1H. The maximum Gasteiger partial charge on any atom is 0.266 e. The molecular formula is C26H30Cl2N4O2S. The Bertz CT molecular complexity index is 1230. The van der Waals surface area contributed by atoms with Crippen molar-refractivity contribution in [3.63, 3.8) is 0 Å². The highest BCUT2D eigenvalue weighted by Crippen LogP contribution is 2.28. The van der Waals surface area contributed by atoms with Crippen LogP contribution in [0, 0.1) is 0 Å². The molecule has 2 aliphatic rings. The molecule has 9 heteroatoms. The van der Waals surface area contributed by atoms with Crippen molar-refractivity contribution in [3.8, 4) is 5.69 Å². The number of likely N-dealkylation sites (tertiary alicyclic amines) is 2. The number of amides is 1. The van der Waals surface area contributed by atoms with Crippen LogP contribution in [0.25, 0.3) is 16.6 Å². The van der Waals surface area contributed by atoms with Gasteiger partial charge >= 0.3 is 0 Å². The van der Waals surface area contributed by atoms with E-state index in [1.807, 2.05) is 41.3 Å². The number of benzene rings is 2. The predicted octanol–water partition coefficient (Wildman–Crippen LogP) is 5.03. The van der Waals surface area contributed by atoms with Crippen LogP contribution < -0.4 is 5.56 Å². The van der Waals surface area contributed by atoms with Gasteiger partial charge in [0.1, 0.15) is 0 Å². The Kier molecular flexibility index (Phi) is 8.76. The number of carbonyl (C=O) groups excluding carboxylic acids is 1. The van der Waals surface area contributed by atoms with Gasteiger partial charge in [-0.15, -0.1) is 12.4 Å². The summed E-state index contributed by atoms with van der Waals surface area (Å²) < 4.78 is 1.69. The van der Waals surface area contributed by atoms with Gasteiger partial charge in [0.15, 0.2) is 5.16 Å². The molecule has 1 unspecified atom stereocenters. The minimum atomic E-state index is -0.0932. The molecule has 0 bridgehead atoms. The van der Waals surface area contributed by atoms with Crippen molar-refractivity contribution in [2.24, 2.45) is 0 Å². The van der Waals surface area contributed by atoms with Crippen molar-refractivity contribution >= 4 is 52.6 Å². The summed E-state index contributed by atoms with van der Waals surface area (Å²) in [7, 11) is 0. The number of carbonyl (C=O) groups is 1. The average Bonchev–Trinajstić information content (AvgIpc) is 3.25. The van der Waals surface area contributed by atoms with Crippen LogP contribution in [-0.2, 0) is 4.79 Å². The van der Waals surface area contributed by atoms with Gasteiger partial charge in [-0.2, -0.15) is 0 Å². The number of rotatable bonds is 7. The second-order valence-electron chi connectivity index (χ2n) is 9.07. The van der Waals surface area contributed by atoms with Gasteiger partial charge in [0.05, 0.1) is 16.6 Å². The third kappa shape index (κ3) is 6.02. The van der Waals surface area contributed by atoms with Gasteiger partial charge in [0.25, 0.3) is 5.56 Å². The smallest absolute Gasteiger partial charge is 0.266 e. The van der Waals surface area contributed by atoms with Crippen molar-refractivity contribution in [2.45, 2.75) is 42.5 Å². The lowest BCUT2D eigenvalue weighted by molar-refractivity contribution is -0.127. The summed E-state index contributed by atoms with van der Waals surface area (Å²) in [5.74, 6) is 0.228. The normalized spacial score (nSPS) is 17.5. The molecule has 0 aliphatic carbocycles. The number of fused-ring (bicyclic) bond motifs is 1. The van der Waals surface area contributed by atoms with E-state index >= 15 is 0 Å². The Morgan fingerprint density at radius 3 is 2.37 bits per heavy atom. The molecule has 1 amide bonds. The van der Waals surface area contributed by atoms with Crippen LogP contribution in [0.2, 0.25) is 5.02 Å². The number of halogens is 2. The first kappa shape index (κ1) is 26.0. The lowest BCUT2D eigenvalue weighted by atomic mass is 10.1. The van der Waals surface area contributed by atoms with Crippen LogP contribution >= 0.6 is 35.8 Å². The fraction of sp³-hybridized carbons (Fsp3) is 0.423. The maximum absolute atomic E-state index is 13.6. The van der Waals surface area contributed by atoms with E-state index in [4.69, 9.17) is 16.6 Å². The van der Waals surface area contributed by atoms with Gasteiger partial charge in [0, 0.05) is 36.3 Å². The molecule has 3 heterocycles. The Balaban J connectivity index is 0.00000289. The van der Waals surface area contributed by atoms with Crippen LogP contribution in [0.15, 0.2) is 58.5 Å². The van der Waals surface area contributed by atoms with Gasteiger partial charge in [-0.05, 0) is 68.8 Å². The molecule has 0 radical (unpaired) electrons. The van der Waals surface area contributed by atoms with Gasteiger partial charge in [-0.3, -0.25) is 14.2 Å². The first-order chi connectivity index (χ1) is 16.6. The van der Waals surface area contributed by atoms with Crippen molar-refractivity contribution in [1.82, 2.24) is 19.4 Å². The molecule has 2 saturated heterocycles. The van der Waals surface area contributed by atoms with Gasteiger partial charge < -0.3 is 9.80 Å². The molecule has 186 valence electrons. The summed E-state index contributed by atoms with van der Waals surface area (Å²) in [5, 5.41) is 1.98. The topological polar surface area (TPSA) is 58.4 Å².